The molecule has 3 aromatic rings. The molecule has 1 N–H and O–H groups in total. The van der Waals surface area contributed by atoms with Crippen molar-refractivity contribution in [3.63, 3.8) is 0 Å². The molecule has 0 spiro atoms. The summed E-state index contributed by atoms with van der Waals surface area (Å²) in [5.41, 5.74) is 5.75. The van der Waals surface area contributed by atoms with Crippen LogP contribution in [0.4, 0.5) is 0 Å². The van der Waals surface area contributed by atoms with E-state index in [2.05, 4.69) is 34.1 Å². The third kappa shape index (κ3) is 5.16. The average molecular weight is 415 g/mol. The summed E-state index contributed by atoms with van der Waals surface area (Å²) in [6.07, 6.45) is 12.0. The number of hydrogen-bond donors (Lipinski definition) is 1. The molecule has 5 heteroatoms. The lowest BCUT2D eigenvalue weighted by Gasteiger charge is -2.28. The van der Waals surface area contributed by atoms with Crippen LogP contribution in [-0.2, 0) is 6.42 Å². The minimum absolute atomic E-state index is 0.0105. The summed E-state index contributed by atoms with van der Waals surface area (Å²) in [7, 11) is 0. The monoisotopic (exact) mass is 414 g/mol. The van der Waals surface area contributed by atoms with Crippen LogP contribution in [0.1, 0.15) is 66.2 Å². The van der Waals surface area contributed by atoms with Crippen molar-refractivity contribution in [2.45, 2.75) is 58.4 Å². The van der Waals surface area contributed by atoms with Crippen molar-refractivity contribution >= 4 is 5.91 Å². The predicted molar refractivity (Wildman–Crippen MR) is 123 cm³/mol. The molecule has 2 heterocycles. The maximum atomic E-state index is 13.0. The Balaban J connectivity index is 1.53. The van der Waals surface area contributed by atoms with Crippen LogP contribution in [0.5, 0.6) is 0 Å². The largest absolute Gasteiger partial charge is 0.349 e. The van der Waals surface area contributed by atoms with Gasteiger partial charge in [0.2, 0.25) is 0 Å². The Bertz CT molecular complexity index is 1030. The van der Waals surface area contributed by atoms with Crippen LogP contribution < -0.4 is 5.32 Å². The van der Waals surface area contributed by atoms with Crippen molar-refractivity contribution in [3.05, 3.63) is 77.5 Å². The minimum atomic E-state index is 0.0105. The lowest BCUT2D eigenvalue weighted by molar-refractivity contribution is 0.0919. The molecular formula is C26H30N4O. The summed E-state index contributed by atoms with van der Waals surface area (Å²) >= 11 is 0. The second-order valence-corrected chi connectivity index (χ2v) is 8.57. The van der Waals surface area contributed by atoms with Crippen molar-refractivity contribution < 1.29 is 4.79 Å². The Morgan fingerprint density at radius 2 is 1.94 bits per heavy atom. The molecule has 0 radical (unpaired) electrons. The van der Waals surface area contributed by atoms with Gasteiger partial charge in [-0.25, -0.2) is 9.97 Å². The topological polar surface area (TPSA) is 67.8 Å². The highest BCUT2D eigenvalue weighted by Gasteiger charge is 2.22. The molecule has 2 aromatic heterocycles. The van der Waals surface area contributed by atoms with Crippen LogP contribution >= 0.6 is 0 Å². The normalized spacial score (nSPS) is 15.4. The van der Waals surface area contributed by atoms with Crippen molar-refractivity contribution in [3.8, 4) is 11.3 Å². The molecular weight excluding hydrogens is 384 g/mol. The van der Waals surface area contributed by atoms with Gasteiger partial charge < -0.3 is 5.32 Å². The first-order chi connectivity index (χ1) is 15.1. The van der Waals surface area contributed by atoms with E-state index in [0.717, 1.165) is 28.1 Å². The van der Waals surface area contributed by atoms with Gasteiger partial charge in [-0.15, -0.1) is 0 Å². The molecule has 0 saturated heterocycles. The molecule has 1 aromatic carbocycles. The first-order valence-electron chi connectivity index (χ1n) is 11.2. The maximum absolute atomic E-state index is 13.0. The Kier molecular flexibility index (Phi) is 6.70. The number of pyridine rings is 1. The Hall–Kier alpha value is -3.08. The van der Waals surface area contributed by atoms with E-state index in [1.807, 2.05) is 36.4 Å². The van der Waals surface area contributed by atoms with Crippen LogP contribution in [0.15, 0.2) is 55.1 Å². The number of carbonyl (C=O) groups is 1. The van der Waals surface area contributed by atoms with Gasteiger partial charge in [-0.05, 0) is 74.1 Å². The van der Waals surface area contributed by atoms with Crippen LogP contribution in [0.3, 0.4) is 0 Å². The minimum Gasteiger partial charge on any atom is -0.349 e. The van der Waals surface area contributed by atoms with E-state index in [-0.39, 0.29) is 11.9 Å². The van der Waals surface area contributed by atoms with Crippen LogP contribution in [-0.4, -0.2) is 26.9 Å². The van der Waals surface area contributed by atoms with Crippen molar-refractivity contribution in [1.82, 2.24) is 20.3 Å². The Labute approximate surface area is 184 Å². The van der Waals surface area contributed by atoms with Gasteiger partial charge in [-0.3, -0.25) is 9.78 Å². The third-order valence-corrected chi connectivity index (χ3v) is 6.43. The number of benzene rings is 1. The van der Waals surface area contributed by atoms with E-state index in [0.29, 0.717) is 17.9 Å². The number of nitrogens with one attached hydrogen (secondary N) is 1. The van der Waals surface area contributed by atoms with Gasteiger partial charge >= 0.3 is 0 Å². The molecule has 1 aliphatic carbocycles. The molecule has 0 unspecified atom stereocenters. The number of rotatable bonds is 6. The zero-order chi connectivity index (χ0) is 21.6. The molecule has 0 bridgehead atoms. The molecule has 1 amide bonds. The first-order valence-corrected chi connectivity index (χ1v) is 11.2. The molecule has 1 fully saturated rings. The third-order valence-electron chi connectivity index (χ3n) is 6.43. The molecule has 31 heavy (non-hydrogen) atoms. The standard InChI is InChI=1S/C26H30N4O/c1-18-10-11-21(26(31)30-19(2)20-7-4-3-5-8-20)15-22(18)16-25-23(9-6-13-28-25)24-12-14-27-17-29-24/h6,9-15,17,19-20H,3-5,7-8,16H2,1-2H3,(H,30,31)/t19-/m1/s1. The fourth-order valence-corrected chi connectivity index (χ4v) is 4.49. The van der Waals surface area contributed by atoms with Crippen LogP contribution in [0.2, 0.25) is 0 Å². The SMILES string of the molecule is Cc1ccc(C(=O)N[C@H](C)C2CCCCC2)cc1Cc1ncccc1-c1ccncn1. The number of nitrogens with zero attached hydrogens (tertiary/aromatic N) is 3. The highest BCUT2D eigenvalue weighted by atomic mass is 16.1. The Morgan fingerprint density at radius 1 is 1.10 bits per heavy atom. The zero-order valence-electron chi connectivity index (χ0n) is 18.3. The van der Waals surface area contributed by atoms with E-state index in [4.69, 9.17) is 0 Å². The number of aromatic nitrogens is 3. The van der Waals surface area contributed by atoms with E-state index in [9.17, 15) is 4.79 Å². The van der Waals surface area contributed by atoms with Gasteiger partial charge in [-0.2, -0.15) is 0 Å². The second-order valence-electron chi connectivity index (χ2n) is 8.57. The molecule has 160 valence electrons. The first kappa shape index (κ1) is 21.2. The average Bonchev–Trinajstić information content (AvgIpc) is 2.82. The fraction of sp³-hybridized carbons (Fsp3) is 0.385. The van der Waals surface area contributed by atoms with E-state index >= 15 is 0 Å². The lowest BCUT2D eigenvalue weighted by atomic mass is 9.84. The van der Waals surface area contributed by atoms with Gasteiger partial charge in [0.25, 0.3) is 5.91 Å². The summed E-state index contributed by atoms with van der Waals surface area (Å²) in [5, 5.41) is 3.24. The Morgan fingerprint density at radius 3 is 2.71 bits per heavy atom. The molecule has 1 aliphatic rings. The van der Waals surface area contributed by atoms with Gasteiger partial charge in [-0.1, -0.05) is 25.3 Å². The van der Waals surface area contributed by atoms with E-state index < -0.39 is 0 Å². The van der Waals surface area contributed by atoms with Crippen molar-refractivity contribution in [2.24, 2.45) is 5.92 Å². The molecule has 1 atom stereocenters. The quantitative estimate of drug-likeness (QED) is 0.607. The number of aryl methyl sites for hydroxylation is 1. The smallest absolute Gasteiger partial charge is 0.251 e. The molecule has 0 aliphatic heterocycles. The van der Waals surface area contributed by atoms with E-state index in [1.165, 1.54) is 32.1 Å². The molecule has 4 rings (SSSR count). The van der Waals surface area contributed by atoms with E-state index in [1.54, 1.807) is 18.7 Å². The van der Waals surface area contributed by atoms with Gasteiger partial charge in [0, 0.05) is 36.0 Å². The number of hydrogen-bond acceptors (Lipinski definition) is 4. The summed E-state index contributed by atoms with van der Waals surface area (Å²) in [4.78, 5) is 26.0. The summed E-state index contributed by atoms with van der Waals surface area (Å²) in [6.45, 7) is 4.22. The van der Waals surface area contributed by atoms with Gasteiger partial charge in [0.05, 0.1) is 11.4 Å². The van der Waals surface area contributed by atoms with Crippen molar-refractivity contribution in [2.75, 3.05) is 0 Å². The highest BCUT2D eigenvalue weighted by Crippen LogP contribution is 2.27. The summed E-state index contributed by atoms with van der Waals surface area (Å²) in [6, 6.07) is 12.0. The summed E-state index contributed by atoms with van der Waals surface area (Å²) < 4.78 is 0. The van der Waals surface area contributed by atoms with Crippen LogP contribution in [0.25, 0.3) is 11.3 Å². The molecule has 1 saturated carbocycles. The zero-order valence-corrected chi connectivity index (χ0v) is 18.3. The summed E-state index contributed by atoms with van der Waals surface area (Å²) in [5.74, 6) is 0.600. The van der Waals surface area contributed by atoms with Crippen molar-refractivity contribution in [1.29, 1.82) is 0 Å². The number of amides is 1. The molecule has 5 nitrogen and oxygen atoms in total. The predicted octanol–water partition coefficient (Wildman–Crippen LogP) is 5.14. The van der Waals surface area contributed by atoms with Gasteiger partial charge in [0.1, 0.15) is 6.33 Å². The number of carbonyl (C=O) groups excluding carboxylic acids is 1. The fourth-order valence-electron chi connectivity index (χ4n) is 4.49. The maximum Gasteiger partial charge on any atom is 0.251 e. The lowest BCUT2D eigenvalue weighted by Crippen LogP contribution is -2.38. The van der Waals surface area contributed by atoms with Gasteiger partial charge in [0.15, 0.2) is 0 Å². The van der Waals surface area contributed by atoms with Crippen LogP contribution in [0, 0.1) is 12.8 Å². The highest BCUT2D eigenvalue weighted by molar-refractivity contribution is 5.94. The second kappa shape index (κ2) is 9.82.